The van der Waals surface area contributed by atoms with Crippen LogP contribution in [0.25, 0.3) is 0 Å². The van der Waals surface area contributed by atoms with E-state index in [2.05, 4.69) is 48.1 Å². The Morgan fingerprint density at radius 3 is 2.44 bits per heavy atom. The lowest BCUT2D eigenvalue weighted by atomic mass is 10.0. The topological polar surface area (TPSA) is 52.1 Å². The first kappa shape index (κ1) is 20.5. The van der Waals surface area contributed by atoms with E-state index in [0.29, 0.717) is 5.92 Å². The normalized spacial score (nSPS) is 22.2. The third-order valence-electron chi connectivity index (χ3n) is 5.22. The number of hydrogen-bond donors (Lipinski definition) is 2. The molecule has 6 nitrogen and oxygen atoms in total. The van der Waals surface area contributed by atoms with E-state index in [-0.39, 0.29) is 5.54 Å². The van der Waals surface area contributed by atoms with E-state index in [4.69, 9.17) is 9.73 Å². The van der Waals surface area contributed by atoms with Crippen LogP contribution in [0.5, 0.6) is 0 Å². The molecular weight excluding hydrogens is 314 g/mol. The Labute approximate surface area is 154 Å². The predicted molar refractivity (Wildman–Crippen MR) is 105 cm³/mol. The maximum absolute atomic E-state index is 5.47. The SMILES string of the molecule is CCNC(=NCC(C)(C)N1CCOCC1)NCC(C)CN1CCCC1. The number of hydrogen-bond acceptors (Lipinski definition) is 4. The Morgan fingerprint density at radius 1 is 1.12 bits per heavy atom. The van der Waals surface area contributed by atoms with Crippen LogP contribution in [0.3, 0.4) is 0 Å². The summed E-state index contributed by atoms with van der Waals surface area (Å²) in [5.41, 5.74) is 0.0628. The van der Waals surface area contributed by atoms with Gasteiger partial charge in [0, 0.05) is 38.3 Å². The standard InChI is InChI=1S/C19H39N5O/c1-5-20-18(21-14-17(2)15-23-8-6-7-9-23)22-16-19(3,4)24-10-12-25-13-11-24/h17H,5-16H2,1-4H3,(H2,20,21,22). The van der Waals surface area contributed by atoms with Crippen molar-refractivity contribution >= 4 is 5.96 Å². The fraction of sp³-hybridized carbons (Fsp3) is 0.947. The minimum absolute atomic E-state index is 0.0628. The summed E-state index contributed by atoms with van der Waals surface area (Å²) in [5, 5.41) is 6.93. The molecule has 1 unspecified atom stereocenters. The number of ether oxygens (including phenoxy) is 1. The largest absolute Gasteiger partial charge is 0.379 e. The van der Waals surface area contributed by atoms with E-state index >= 15 is 0 Å². The molecular formula is C19H39N5O. The van der Waals surface area contributed by atoms with Crippen LogP contribution in [-0.4, -0.2) is 86.9 Å². The van der Waals surface area contributed by atoms with Gasteiger partial charge < -0.3 is 20.3 Å². The first-order valence-corrected chi connectivity index (χ1v) is 10.1. The quantitative estimate of drug-likeness (QED) is 0.510. The monoisotopic (exact) mass is 353 g/mol. The van der Waals surface area contributed by atoms with E-state index in [0.717, 1.165) is 51.9 Å². The first-order chi connectivity index (χ1) is 12.0. The fourth-order valence-corrected chi connectivity index (χ4v) is 3.62. The van der Waals surface area contributed by atoms with E-state index in [1.807, 2.05) is 0 Å². The molecule has 2 aliphatic heterocycles. The Bertz CT molecular complexity index is 401. The third-order valence-corrected chi connectivity index (χ3v) is 5.22. The number of morpholine rings is 1. The average Bonchev–Trinajstić information content (AvgIpc) is 3.11. The summed E-state index contributed by atoms with van der Waals surface area (Å²) in [5.74, 6) is 1.58. The lowest BCUT2D eigenvalue weighted by Gasteiger charge is -2.40. The summed E-state index contributed by atoms with van der Waals surface area (Å²) in [7, 11) is 0. The van der Waals surface area contributed by atoms with Crippen molar-refractivity contribution in [3.05, 3.63) is 0 Å². The van der Waals surface area contributed by atoms with Crippen molar-refractivity contribution in [2.24, 2.45) is 10.9 Å². The van der Waals surface area contributed by atoms with Crippen LogP contribution in [0.1, 0.15) is 40.5 Å². The summed E-state index contributed by atoms with van der Waals surface area (Å²) in [4.78, 5) is 9.93. The third kappa shape index (κ3) is 7.12. The Balaban J connectivity index is 1.79. The highest BCUT2D eigenvalue weighted by Crippen LogP contribution is 2.16. The summed E-state index contributed by atoms with van der Waals surface area (Å²) < 4.78 is 5.47. The van der Waals surface area contributed by atoms with Gasteiger partial charge in [-0.3, -0.25) is 9.89 Å². The molecule has 2 saturated heterocycles. The molecule has 0 spiro atoms. The van der Waals surface area contributed by atoms with Gasteiger partial charge in [0.2, 0.25) is 0 Å². The predicted octanol–water partition coefficient (Wildman–Crippen LogP) is 1.38. The highest BCUT2D eigenvalue weighted by Gasteiger charge is 2.28. The van der Waals surface area contributed by atoms with Crippen molar-refractivity contribution in [1.29, 1.82) is 0 Å². The molecule has 1 atom stereocenters. The molecule has 25 heavy (non-hydrogen) atoms. The highest BCUT2D eigenvalue weighted by molar-refractivity contribution is 5.79. The van der Waals surface area contributed by atoms with Crippen LogP contribution in [0.4, 0.5) is 0 Å². The van der Waals surface area contributed by atoms with Crippen LogP contribution in [0.15, 0.2) is 4.99 Å². The molecule has 2 heterocycles. The van der Waals surface area contributed by atoms with Crippen LogP contribution >= 0.6 is 0 Å². The molecule has 0 aromatic heterocycles. The molecule has 2 fully saturated rings. The second-order valence-corrected chi connectivity index (χ2v) is 8.10. The Hall–Kier alpha value is -0.850. The van der Waals surface area contributed by atoms with Gasteiger partial charge in [0.15, 0.2) is 5.96 Å². The van der Waals surface area contributed by atoms with Gasteiger partial charge in [0.25, 0.3) is 0 Å². The highest BCUT2D eigenvalue weighted by atomic mass is 16.5. The molecule has 2 aliphatic rings. The maximum atomic E-state index is 5.47. The van der Waals surface area contributed by atoms with Crippen LogP contribution in [0.2, 0.25) is 0 Å². The number of nitrogens with zero attached hydrogens (tertiary/aromatic N) is 3. The molecule has 0 bridgehead atoms. The molecule has 0 aliphatic carbocycles. The number of aliphatic imine (C=N–C) groups is 1. The van der Waals surface area contributed by atoms with Gasteiger partial charge in [-0.1, -0.05) is 6.92 Å². The molecule has 0 amide bonds. The van der Waals surface area contributed by atoms with Crippen molar-refractivity contribution in [3.8, 4) is 0 Å². The summed E-state index contributed by atoms with van der Waals surface area (Å²) in [6, 6.07) is 0. The summed E-state index contributed by atoms with van der Waals surface area (Å²) in [6.45, 7) is 19.1. The molecule has 2 N–H and O–H groups in total. The lowest BCUT2D eigenvalue weighted by molar-refractivity contribution is -0.00683. The van der Waals surface area contributed by atoms with Gasteiger partial charge in [-0.15, -0.1) is 0 Å². The van der Waals surface area contributed by atoms with E-state index in [9.17, 15) is 0 Å². The van der Waals surface area contributed by atoms with Crippen molar-refractivity contribution in [1.82, 2.24) is 20.4 Å². The van der Waals surface area contributed by atoms with Crippen molar-refractivity contribution in [3.63, 3.8) is 0 Å². The zero-order chi connectivity index (χ0) is 18.1. The van der Waals surface area contributed by atoms with Gasteiger partial charge in [0.05, 0.1) is 19.8 Å². The zero-order valence-electron chi connectivity index (χ0n) is 16.8. The second kappa shape index (κ2) is 10.3. The van der Waals surface area contributed by atoms with Gasteiger partial charge in [-0.05, 0) is 52.6 Å². The number of likely N-dealkylation sites (tertiary alicyclic amines) is 1. The van der Waals surface area contributed by atoms with Crippen LogP contribution in [0, 0.1) is 5.92 Å². The van der Waals surface area contributed by atoms with Crippen molar-refractivity contribution in [2.45, 2.75) is 46.1 Å². The van der Waals surface area contributed by atoms with Crippen LogP contribution in [-0.2, 0) is 4.74 Å². The second-order valence-electron chi connectivity index (χ2n) is 8.10. The first-order valence-electron chi connectivity index (χ1n) is 10.1. The molecule has 6 heteroatoms. The van der Waals surface area contributed by atoms with E-state index in [1.54, 1.807) is 0 Å². The number of nitrogens with one attached hydrogen (secondary N) is 2. The zero-order valence-corrected chi connectivity index (χ0v) is 16.8. The molecule has 0 radical (unpaired) electrons. The Kier molecular flexibility index (Phi) is 8.46. The van der Waals surface area contributed by atoms with Crippen LogP contribution < -0.4 is 10.6 Å². The lowest BCUT2D eigenvalue weighted by Crippen LogP contribution is -2.52. The summed E-state index contributed by atoms with van der Waals surface area (Å²) in [6.07, 6.45) is 2.72. The van der Waals surface area contributed by atoms with E-state index in [1.165, 1.54) is 32.5 Å². The molecule has 2 rings (SSSR count). The van der Waals surface area contributed by atoms with Gasteiger partial charge in [0.1, 0.15) is 0 Å². The molecule has 0 saturated carbocycles. The fourth-order valence-electron chi connectivity index (χ4n) is 3.62. The molecule has 0 aromatic rings. The molecule has 0 aromatic carbocycles. The van der Waals surface area contributed by atoms with Crippen molar-refractivity contribution in [2.75, 3.05) is 65.6 Å². The minimum Gasteiger partial charge on any atom is -0.379 e. The van der Waals surface area contributed by atoms with Crippen molar-refractivity contribution < 1.29 is 4.74 Å². The van der Waals surface area contributed by atoms with Gasteiger partial charge in [-0.25, -0.2) is 0 Å². The van der Waals surface area contributed by atoms with E-state index < -0.39 is 0 Å². The number of rotatable bonds is 8. The minimum atomic E-state index is 0.0628. The average molecular weight is 354 g/mol. The smallest absolute Gasteiger partial charge is 0.191 e. The van der Waals surface area contributed by atoms with Gasteiger partial charge in [-0.2, -0.15) is 0 Å². The van der Waals surface area contributed by atoms with Gasteiger partial charge >= 0.3 is 0 Å². The Morgan fingerprint density at radius 2 is 1.80 bits per heavy atom. The maximum Gasteiger partial charge on any atom is 0.191 e. The number of guanidine groups is 1. The molecule has 146 valence electrons. The summed E-state index contributed by atoms with van der Waals surface area (Å²) >= 11 is 0.